The number of urea groups is 1. The molecule has 0 aliphatic rings. The third-order valence-electron chi connectivity index (χ3n) is 2.62. The minimum absolute atomic E-state index is 0.175. The summed E-state index contributed by atoms with van der Waals surface area (Å²) < 4.78 is 0. The lowest BCUT2D eigenvalue weighted by molar-refractivity contribution is 0.153. The summed E-state index contributed by atoms with van der Waals surface area (Å²) in [6, 6.07) is 0.175. The molecular weight excluding hydrogens is 202 g/mol. The molecule has 16 heavy (non-hydrogen) atoms. The van der Waals surface area contributed by atoms with E-state index in [1.54, 1.807) is 0 Å². The van der Waals surface area contributed by atoms with Crippen molar-refractivity contribution in [3.8, 4) is 0 Å². The zero-order valence-corrected chi connectivity index (χ0v) is 11.5. The maximum Gasteiger partial charge on any atom is 0.320 e. The van der Waals surface area contributed by atoms with Gasteiger partial charge in [0.05, 0.1) is 0 Å². The van der Waals surface area contributed by atoms with Gasteiger partial charge in [0.1, 0.15) is 0 Å². The van der Waals surface area contributed by atoms with Gasteiger partial charge in [0, 0.05) is 32.7 Å². The number of rotatable bonds is 7. The van der Waals surface area contributed by atoms with Crippen molar-refractivity contribution < 1.29 is 4.79 Å². The molecular formula is C12H27N3O. The number of carbonyl (C=O) groups excluding carboxylic acids is 1. The Balaban J connectivity index is 4.32. The Kier molecular flexibility index (Phi) is 7.99. The Labute approximate surface area is 100 Å². The van der Waals surface area contributed by atoms with E-state index < -0.39 is 0 Å². The number of nitrogens with zero attached hydrogens (tertiary/aromatic N) is 3. The Morgan fingerprint density at radius 1 is 0.875 bits per heavy atom. The summed E-state index contributed by atoms with van der Waals surface area (Å²) in [7, 11) is 4.07. The smallest absolute Gasteiger partial charge is 0.320 e. The van der Waals surface area contributed by atoms with Crippen molar-refractivity contribution >= 4 is 6.03 Å². The molecule has 0 N–H and O–H groups in total. The number of amides is 2. The maximum atomic E-state index is 12.1. The monoisotopic (exact) mass is 229 g/mol. The lowest BCUT2D eigenvalue weighted by atomic mass is 10.4. The van der Waals surface area contributed by atoms with E-state index in [2.05, 4.69) is 11.8 Å². The molecule has 0 aliphatic heterocycles. The van der Waals surface area contributed by atoms with E-state index in [0.717, 1.165) is 39.1 Å². The maximum absolute atomic E-state index is 12.1. The Morgan fingerprint density at radius 3 is 1.81 bits per heavy atom. The first-order chi connectivity index (χ1) is 7.56. The lowest BCUT2D eigenvalue weighted by Gasteiger charge is -2.30. The van der Waals surface area contributed by atoms with Gasteiger partial charge in [-0.05, 0) is 34.4 Å². The Bertz CT molecular complexity index is 191. The SMILES string of the molecule is CCCN(CCN(C)C)C(=O)N(CC)CC. The van der Waals surface area contributed by atoms with Gasteiger partial charge in [-0.2, -0.15) is 0 Å². The number of carbonyl (C=O) groups is 1. The fraction of sp³-hybridized carbons (Fsp3) is 0.917. The second-order valence-electron chi connectivity index (χ2n) is 4.25. The van der Waals surface area contributed by atoms with Gasteiger partial charge in [-0.15, -0.1) is 0 Å². The van der Waals surface area contributed by atoms with E-state index in [4.69, 9.17) is 0 Å². The van der Waals surface area contributed by atoms with Gasteiger partial charge in [-0.1, -0.05) is 6.92 Å². The van der Waals surface area contributed by atoms with Crippen molar-refractivity contribution in [2.45, 2.75) is 27.2 Å². The average molecular weight is 229 g/mol. The lowest BCUT2D eigenvalue weighted by Crippen LogP contribution is -2.45. The first-order valence-corrected chi connectivity index (χ1v) is 6.25. The fourth-order valence-electron chi connectivity index (χ4n) is 1.59. The molecule has 0 aromatic rings. The van der Waals surface area contributed by atoms with Crippen LogP contribution in [0.2, 0.25) is 0 Å². The number of hydrogen-bond acceptors (Lipinski definition) is 2. The highest BCUT2D eigenvalue weighted by atomic mass is 16.2. The molecule has 0 aliphatic carbocycles. The zero-order chi connectivity index (χ0) is 12.6. The van der Waals surface area contributed by atoms with Crippen molar-refractivity contribution in [1.82, 2.24) is 14.7 Å². The second-order valence-corrected chi connectivity index (χ2v) is 4.25. The quantitative estimate of drug-likeness (QED) is 0.664. The predicted molar refractivity (Wildman–Crippen MR) is 68.7 cm³/mol. The van der Waals surface area contributed by atoms with Crippen LogP contribution in [0, 0.1) is 0 Å². The topological polar surface area (TPSA) is 26.8 Å². The van der Waals surface area contributed by atoms with Crippen molar-refractivity contribution in [3.05, 3.63) is 0 Å². The van der Waals surface area contributed by atoms with E-state index in [9.17, 15) is 4.79 Å². The predicted octanol–water partition coefficient (Wildman–Crippen LogP) is 1.72. The summed E-state index contributed by atoms with van der Waals surface area (Å²) in [4.78, 5) is 18.1. The first kappa shape index (κ1) is 15.2. The molecule has 0 saturated carbocycles. The molecule has 0 radical (unpaired) electrons. The molecule has 0 aromatic carbocycles. The molecule has 0 rings (SSSR count). The second kappa shape index (κ2) is 8.39. The Hall–Kier alpha value is -0.770. The molecule has 0 heterocycles. The van der Waals surface area contributed by atoms with Gasteiger partial charge < -0.3 is 14.7 Å². The summed E-state index contributed by atoms with van der Waals surface area (Å²) >= 11 is 0. The highest BCUT2D eigenvalue weighted by molar-refractivity contribution is 5.74. The van der Waals surface area contributed by atoms with Crippen LogP contribution in [0.4, 0.5) is 4.79 Å². The standard InChI is InChI=1S/C12H27N3O/c1-6-9-15(11-10-13(4)5)12(16)14(7-2)8-3/h6-11H2,1-5H3. The molecule has 2 amide bonds. The third-order valence-corrected chi connectivity index (χ3v) is 2.62. The molecule has 0 fully saturated rings. The molecule has 0 bridgehead atoms. The molecule has 0 atom stereocenters. The van der Waals surface area contributed by atoms with Crippen LogP contribution in [0.3, 0.4) is 0 Å². The van der Waals surface area contributed by atoms with Gasteiger partial charge in [-0.25, -0.2) is 4.79 Å². The average Bonchev–Trinajstić information content (AvgIpc) is 2.25. The molecule has 0 saturated heterocycles. The Morgan fingerprint density at radius 2 is 1.44 bits per heavy atom. The van der Waals surface area contributed by atoms with E-state index in [0.29, 0.717) is 0 Å². The van der Waals surface area contributed by atoms with E-state index >= 15 is 0 Å². The normalized spacial score (nSPS) is 10.6. The summed E-state index contributed by atoms with van der Waals surface area (Å²) in [5, 5.41) is 0. The van der Waals surface area contributed by atoms with Crippen LogP contribution >= 0.6 is 0 Å². The van der Waals surface area contributed by atoms with E-state index in [-0.39, 0.29) is 6.03 Å². The van der Waals surface area contributed by atoms with Gasteiger partial charge in [0.25, 0.3) is 0 Å². The molecule has 4 nitrogen and oxygen atoms in total. The summed E-state index contributed by atoms with van der Waals surface area (Å²) in [5.41, 5.74) is 0. The van der Waals surface area contributed by atoms with Crippen molar-refractivity contribution in [2.24, 2.45) is 0 Å². The largest absolute Gasteiger partial charge is 0.325 e. The highest BCUT2D eigenvalue weighted by Gasteiger charge is 2.17. The van der Waals surface area contributed by atoms with Gasteiger partial charge in [0.2, 0.25) is 0 Å². The van der Waals surface area contributed by atoms with E-state index in [1.807, 2.05) is 37.7 Å². The van der Waals surface area contributed by atoms with Crippen LogP contribution in [0.25, 0.3) is 0 Å². The minimum Gasteiger partial charge on any atom is -0.325 e. The summed E-state index contributed by atoms with van der Waals surface area (Å²) in [6.07, 6.45) is 1.01. The van der Waals surface area contributed by atoms with Crippen LogP contribution in [0.1, 0.15) is 27.2 Å². The van der Waals surface area contributed by atoms with Crippen molar-refractivity contribution in [1.29, 1.82) is 0 Å². The van der Waals surface area contributed by atoms with Crippen LogP contribution in [0.15, 0.2) is 0 Å². The van der Waals surface area contributed by atoms with Crippen LogP contribution in [-0.4, -0.2) is 67.5 Å². The van der Waals surface area contributed by atoms with Crippen molar-refractivity contribution in [2.75, 3.05) is 46.8 Å². The number of hydrogen-bond donors (Lipinski definition) is 0. The van der Waals surface area contributed by atoms with Crippen LogP contribution in [-0.2, 0) is 0 Å². The number of likely N-dealkylation sites (N-methyl/N-ethyl adjacent to an activating group) is 1. The zero-order valence-electron chi connectivity index (χ0n) is 11.5. The first-order valence-electron chi connectivity index (χ1n) is 6.25. The summed E-state index contributed by atoms with van der Waals surface area (Å²) in [6.45, 7) is 10.3. The molecule has 0 aromatic heterocycles. The van der Waals surface area contributed by atoms with Gasteiger partial charge >= 0.3 is 6.03 Å². The molecule has 0 spiro atoms. The molecule has 0 unspecified atom stereocenters. The van der Waals surface area contributed by atoms with Gasteiger partial charge in [-0.3, -0.25) is 0 Å². The molecule has 96 valence electrons. The fourth-order valence-corrected chi connectivity index (χ4v) is 1.59. The van der Waals surface area contributed by atoms with Crippen molar-refractivity contribution in [3.63, 3.8) is 0 Å². The van der Waals surface area contributed by atoms with Crippen LogP contribution < -0.4 is 0 Å². The van der Waals surface area contributed by atoms with E-state index in [1.165, 1.54) is 0 Å². The molecule has 4 heteroatoms. The summed E-state index contributed by atoms with van der Waals surface area (Å²) in [5.74, 6) is 0. The third kappa shape index (κ3) is 5.35. The van der Waals surface area contributed by atoms with Crippen LogP contribution in [0.5, 0.6) is 0 Å². The minimum atomic E-state index is 0.175. The van der Waals surface area contributed by atoms with Gasteiger partial charge in [0.15, 0.2) is 0 Å². The highest BCUT2D eigenvalue weighted by Crippen LogP contribution is 2.00.